The average Bonchev–Trinajstić information content (AvgIpc) is 2.67. The van der Waals surface area contributed by atoms with Gasteiger partial charge >= 0.3 is 0 Å². The molecule has 0 bridgehead atoms. The van der Waals surface area contributed by atoms with E-state index in [2.05, 4.69) is 40.7 Å². The van der Waals surface area contributed by atoms with Crippen molar-refractivity contribution in [3.8, 4) is 0 Å². The normalized spacial score (nSPS) is 20.6. The van der Waals surface area contributed by atoms with Crippen molar-refractivity contribution in [2.45, 2.75) is 6.10 Å². The molecule has 0 radical (unpaired) electrons. The van der Waals surface area contributed by atoms with Crippen LogP contribution < -0.4 is 0 Å². The Hall–Kier alpha value is -0.860. The molecule has 14 heavy (non-hydrogen) atoms. The fourth-order valence-electron chi connectivity index (χ4n) is 1.56. The summed E-state index contributed by atoms with van der Waals surface area (Å²) >= 11 is 3.41. The van der Waals surface area contributed by atoms with Gasteiger partial charge in [0.1, 0.15) is 6.10 Å². The fourth-order valence-corrected chi connectivity index (χ4v) is 1.82. The van der Waals surface area contributed by atoms with Crippen molar-refractivity contribution in [1.29, 1.82) is 0 Å². The SMILES string of the molecule is C=CC1=CCOC1c1ccc(Br)cc1. The lowest BCUT2D eigenvalue weighted by molar-refractivity contribution is 0.125. The predicted molar refractivity (Wildman–Crippen MR) is 61.1 cm³/mol. The van der Waals surface area contributed by atoms with E-state index >= 15 is 0 Å². The van der Waals surface area contributed by atoms with Crippen LogP contribution in [0.25, 0.3) is 0 Å². The van der Waals surface area contributed by atoms with Gasteiger partial charge in [-0.3, -0.25) is 0 Å². The van der Waals surface area contributed by atoms with Gasteiger partial charge in [-0.25, -0.2) is 0 Å². The second-order valence-corrected chi connectivity index (χ2v) is 4.09. The Morgan fingerprint density at radius 3 is 2.71 bits per heavy atom. The highest BCUT2D eigenvalue weighted by Gasteiger charge is 2.19. The minimum absolute atomic E-state index is 0.0700. The smallest absolute Gasteiger partial charge is 0.108 e. The van der Waals surface area contributed by atoms with Gasteiger partial charge < -0.3 is 4.74 Å². The zero-order valence-electron chi connectivity index (χ0n) is 7.74. The number of hydrogen-bond donors (Lipinski definition) is 0. The summed E-state index contributed by atoms with van der Waals surface area (Å²) in [6.45, 7) is 4.46. The van der Waals surface area contributed by atoms with E-state index in [0.29, 0.717) is 6.61 Å². The molecule has 1 atom stereocenters. The van der Waals surface area contributed by atoms with Gasteiger partial charge in [0.25, 0.3) is 0 Å². The Labute approximate surface area is 92.2 Å². The van der Waals surface area contributed by atoms with Crippen LogP contribution in [0.2, 0.25) is 0 Å². The monoisotopic (exact) mass is 250 g/mol. The molecule has 1 aliphatic heterocycles. The van der Waals surface area contributed by atoms with Crippen molar-refractivity contribution >= 4 is 15.9 Å². The quantitative estimate of drug-likeness (QED) is 0.779. The van der Waals surface area contributed by atoms with E-state index in [9.17, 15) is 0 Å². The third kappa shape index (κ3) is 1.81. The molecule has 0 fully saturated rings. The van der Waals surface area contributed by atoms with Crippen LogP contribution in [0.1, 0.15) is 11.7 Å². The average molecular weight is 251 g/mol. The van der Waals surface area contributed by atoms with Crippen LogP contribution in [-0.4, -0.2) is 6.61 Å². The molecular formula is C12H11BrO. The molecule has 1 aliphatic rings. The first kappa shape index (κ1) is 9.69. The number of rotatable bonds is 2. The van der Waals surface area contributed by atoms with Crippen LogP contribution in [-0.2, 0) is 4.74 Å². The highest BCUT2D eigenvalue weighted by molar-refractivity contribution is 9.10. The molecule has 1 aromatic carbocycles. The maximum atomic E-state index is 5.60. The van der Waals surface area contributed by atoms with E-state index in [4.69, 9.17) is 4.74 Å². The molecule has 0 N–H and O–H groups in total. The molecular weight excluding hydrogens is 240 g/mol. The van der Waals surface area contributed by atoms with Crippen molar-refractivity contribution in [2.75, 3.05) is 6.61 Å². The van der Waals surface area contributed by atoms with E-state index < -0.39 is 0 Å². The molecule has 72 valence electrons. The molecule has 0 saturated heterocycles. The highest BCUT2D eigenvalue weighted by atomic mass is 79.9. The first-order chi connectivity index (χ1) is 6.81. The molecule has 2 heteroatoms. The van der Waals surface area contributed by atoms with Crippen LogP contribution in [0.4, 0.5) is 0 Å². The molecule has 0 aromatic heterocycles. The lowest BCUT2D eigenvalue weighted by Crippen LogP contribution is -1.99. The minimum Gasteiger partial charge on any atom is -0.365 e. The van der Waals surface area contributed by atoms with Crippen molar-refractivity contribution in [3.63, 3.8) is 0 Å². The molecule has 1 heterocycles. The van der Waals surface area contributed by atoms with Crippen LogP contribution in [0.3, 0.4) is 0 Å². The molecule has 1 nitrogen and oxygen atoms in total. The van der Waals surface area contributed by atoms with Crippen LogP contribution in [0, 0.1) is 0 Å². The van der Waals surface area contributed by atoms with Crippen LogP contribution in [0.5, 0.6) is 0 Å². The standard InChI is InChI=1S/C12H11BrO/c1-2-9-7-8-14-12(9)10-3-5-11(13)6-4-10/h2-7,12H,1,8H2. The van der Waals surface area contributed by atoms with Gasteiger partial charge in [0.05, 0.1) is 6.61 Å². The van der Waals surface area contributed by atoms with E-state index in [0.717, 1.165) is 10.0 Å². The molecule has 2 rings (SSSR count). The van der Waals surface area contributed by atoms with E-state index in [1.807, 2.05) is 18.2 Å². The number of halogens is 1. The topological polar surface area (TPSA) is 9.23 Å². The summed E-state index contributed by atoms with van der Waals surface area (Å²) in [6, 6.07) is 8.18. The molecule has 0 spiro atoms. The van der Waals surface area contributed by atoms with Gasteiger partial charge in [-0.1, -0.05) is 46.8 Å². The van der Waals surface area contributed by atoms with Gasteiger partial charge in [-0.15, -0.1) is 0 Å². The summed E-state index contributed by atoms with van der Waals surface area (Å²) in [5.74, 6) is 0. The van der Waals surface area contributed by atoms with Gasteiger partial charge in [0.15, 0.2) is 0 Å². The minimum atomic E-state index is 0.0700. The Kier molecular flexibility index (Phi) is 2.85. The largest absolute Gasteiger partial charge is 0.365 e. The van der Waals surface area contributed by atoms with E-state index in [-0.39, 0.29) is 6.10 Å². The Balaban J connectivity index is 2.27. The van der Waals surface area contributed by atoms with Gasteiger partial charge in [0, 0.05) is 4.47 Å². The Bertz CT molecular complexity index is 364. The first-order valence-corrected chi connectivity index (χ1v) is 5.30. The molecule has 0 saturated carbocycles. The summed E-state index contributed by atoms with van der Waals surface area (Å²) in [4.78, 5) is 0. The maximum absolute atomic E-state index is 5.60. The van der Waals surface area contributed by atoms with Gasteiger partial charge in [-0.05, 0) is 23.3 Å². The Morgan fingerprint density at radius 1 is 1.36 bits per heavy atom. The third-order valence-electron chi connectivity index (χ3n) is 2.29. The maximum Gasteiger partial charge on any atom is 0.108 e. The van der Waals surface area contributed by atoms with Crippen LogP contribution >= 0.6 is 15.9 Å². The zero-order valence-corrected chi connectivity index (χ0v) is 9.33. The number of hydrogen-bond acceptors (Lipinski definition) is 1. The number of benzene rings is 1. The summed E-state index contributed by atoms with van der Waals surface area (Å²) in [6.07, 6.45) is 4.00. The predicted octanol–water partition coefficient (Wildman–Crippen LogP) is 3.63. The van der Waals surface area contributed by atoms with E-state index in [1.54, 1.807) is 0 Å². The molecule has 1 aromatic rings. The second kappa shape index (κ2) is 4.11. The second-order valence-electron chi connectivity index (χ2n) is 3.17. The summed E-state index contributed by atoms with van der Waals surface area (Å²) < 4.78 is 6.69. The molecule has 0 amide bonds. The molecule has 0 aliphatic carbocycles. The summed E-state index contributed by atoms with van der Waals surface area (Å²) in [5, 5.41) is 0. The fraction of sp³-hybridized carbons (Fsp3) is 0.167. The van der Waals surface area contributed by atoms with Crippen molar-refractivity contribution < 1.29 is 4.74 Å². The van der Waals surface area contributed by atoms with Crippen molar-refractivity contribution in [3.05, 3.63) is 58.6 Å². The Morgan fingerprint density at radius 2 is 2.07 bits per heavy atom. The highest BCUT2D eigenvalue weighted by Crippen LogP contribution is 2.31. The van der Waals surface area contributed by atoms with Crippen LogP contribution in [0.15, 0.2) is 53.0 Å². The molecule has 1 unspecified atom stereocenters. The van der Waals surface area contributed by atoms with E-state index in [1.165, 1.54) is 5.56 Å². The number of ether oxygens (including phenoxy) is 1. The van der Waals surface area contributed by atoms with Gasteiger partial charge in [0.2, 0.25) is 0 Å². The summed E-state index contributed by atoms with van der Waals surface area (Å²) in [7, 11) is 0. The van der Waals surface area contributed by atoms with Crippen molar-refractivity contribution in [1.82, 2.24) is 0 Å². The van der Waals surface area contributed by atoms with Gasteiger partial charge in [-0.2, -0.15) is 0 Å². The summed E-state index contributed by atoms with van der Waals surface area (Å²) in [5.41, 5.74) is 2.34. The zero-order chi connectivity index (χ0) is 9.97. The first-order valence-electron chi connectivity index (χ1n) is 4.51. The lowest BCUT2D eigenvalue weighted by Gasteiger charge is -2.12. The van der Waals surface area contributed by atoms with Crippen molar-refractivity contribution in [2.24, 2.45) is 0 Å². The lowest BCUT2D eigenvalue weighted by atomic mass is 10.0. The third-order valence-corrected chi connectivity index (χ3v) is 2.82.